The Balaban J connectivity index is 1.38. The number of phosphoric ester groups is 2. The van der Waals surface area contributed by atoms with Gasteiger partial charge in [0.25, 0.3) is 0 Å². The molecule has 4 rings (SSSR count). The number of nitrogens with two attached hydrogens (primary N) is 1. The van der Waals surface area contributed by atoms with Gasteiger partial charge in [-0.15, -0.1) is 0 Å². The monoisotopic (exact) mass is 589 g/mol. The highest BCUT2D eigenvalue weighted by Gasteiger charge is 2.49. The van der Waals surface area contributed by atoms with Gasteiger partial charge in [-0.25, -0.2) is 24.1 Å². The Bertz CT molecular complexity index is 1230. The third-order valence-electron chi connectivity index (χ3n) is 5.69. The number of nitrogens with zero attached hydrogens (tertiary/aromatic N) is 4. The molecular formula is C16H25N5O15P2. The molecule has 2 saturated heterocycles. The van der Waals surface area contributed by atoms with E-state index in [0.29, 0.717) is 0 Å². The molecule has 10 N–H and O–H groups in total. The summed E-state index contributed by atoms with van der Waals surface area (Å²) in [7, 11) is -11.0. The van der Waals surface area contributed by atoms with Crippen molar-refractivity contribution in [3.63, 3.8) is 0 Å². The lowest BCUT2D eigenvalue weighted by Crippen LogP contribution is -2.58. The minimum absolute atomic E-state index is 0.0411. The Morgan fingerprint density at radius 1 is 0.921 bits per heavy atom. The SMILES string of the molecule is Nc1ncnc2c1ncn2[C@@H]1O[C@H](COP(=O)(O)OP(=O)(O)O[C@H]2O[C@@H](CO)[C@@H](O)[C@@H](O)[C@@H]2O)[C@@H](O)[C@H]1O. The first kappa shape index (κ1) is 29.3. The van der Waals surface area contributed by atoms with Crippen LogP contribution in [0, 0.1) is 0 Å². The van der Waals surface area contributed by atoms with E-state index in [1.807, 2.05) is 0 Å². The van der Waals surface area contributed by atoms with Gasteiger partial charge in [0.2, 0.25) is 0 Å². The van der Waals surface area contributed by atoms with E-state index in [-0.39, 0.29) is 17.0 Å². The fourth-order valence-corrected chi connectivity index (χ4v) is 5.94. The number of anilines is 1. The van der Waals surface area contributed by atoms with Crippen LogP contribution < -0.4 is 5.73 Å². The second-order valence-electron chi connectivity index (χ2n) is 8.25. The molecule has 0 aliphatic carbocycles. The maximum absolute atomic E-state index is 12.3. The number of nitrogen functional groups attached to an aromatic ring is 1. The van der Waals surface area contributed by atoms with Crippen LogP contribution in [0.1, 0.15) is 6.23 Å². The van der Waals surface area contributed by atoms with Gasteiger partial charge in [0.15, 0.2) is 24.0 Å². The maximum Gasteiger partial charge on any atom is 0.483 e. The Morgan fingerprint density at radius 3 is 2.29 bits per heavy atom. The van der Waals surface area contributed by atoms with Crippen LogP contribution in [0.4, 0.5) is 5.82 Å². The molecule has 2 fully saturated rings. The van der Waals surface area contributed by atoms with Crippen LogP contribution in [-0.2, 0) is 32.0 Å². The zero-order valence-corrected chi connectivity index (χ0v) is 20.7. The van der Waals surface area contributed by atoms with Crippen LogP contribution in [0.15, 0.2) is 12.7 Å². The first-order chi connectivity index (χ1) is 17.7. The van der Waals surface area contributed by atoms with E-state index in [9.17, 15) is 44.4 Å². The van der Waals surface area contributed by atoms with E-state index >= 15 is 0 Å². The molecule has 0 spiro atoms. The minimum atomic E-state index is -5.56. The molecule has 0 radical (unpaired) electrons. The summed E-state index contributed by atoms with van der Waals surface area (Å²) in [6.07, 6.45) is -13.3. The quantitative estimate of drug-likeness (QED) is 0.126. The van der Waals surface area contributed by atoms with Gasteiger partial charge in [0.1, 0.15) is 54.6 Å². The Kier molecular flexibility index (Phi) is 8.51. The van der Waals surface area contributed by atoms with E-state index in [0.717, 1.165) is 6.33 Å². The number of phosphoric acid groups is 2. The van der Waals surface area contributed by atoms with Crippen LogP contribution in [0.2, 0.25) is 0 Å². The van der Waals surface area contributed by atoms with Crippen molar-refractivity contribution in [2.24, 2.45) is 0 Å². The number of fused-ring (bicyclic) bond motifs is 1. The smallest absolute Gasteiger partial charge is 0.394 e. The molecule has 11 atom stereocenters. The molecule has 0 aromatic carbocycles. The number of aromatic nitrogens is 4. The van der Waals surface area contributed by atoms with Crippen molar-refractivity contribution < 1.29 is 72.4 Å². The average molecular weight is 589 g/mol. The number of ether oxygens (including phenoxy) is 2. The first-order valence-electron chi connectivity index (χ1n) is 10.7. The third-order valence-corrected chi connectivity index (χ3v) is 8.29. The van der Waals surface area contributed by atoms with E-state index in [2.05, 4.69) is 28.3 Å². The summed E-state index contributed by atoms with van der Waals surface area (Å²) >= 11 is 0. The average Bonchev–Trinajstić information content (AvgIpc) is 3.39. The summed E-state index contributed by atoms with van der Waals surface area (Å²) in [5.41, 5.74) is 6.05. The predicted octanol–water partition coefficient (Wildman–Crippen LogP) is -3.92. The van der Waals surface area contributed by atoms with E-state index in [1.165, 1.54) is 10.9 Å². The number of imidazole rings is 1. The van der Waals surface area contributed by atoms with Gasteiger partial charge >= 0.3 is 15.6 Å². The summed E-state index contributed by atoms with van der Waals surface area (Å²) in [6.45, 7) is -1.82. The number of hydrogen-bond acceptors (Lipinski definition) is 17. The Hall–Kier alpha value is -1.71. The largest absolute Gasteiger partial charge is 0.483 e. The Morgan fingerprint density at radius 2 is 1.61 bits per heavy atom. The van der Waals surface area contributed by atoms with Crippen molar-refractivity contribution >= 4 is 32.6 Å². The molecule has 2 aliphatic rings. The molecule has 2 aliphatic heterocycles. The summed E-state index contributed by atoms with van der Waals surface area (Å²) in [5, 5.41) is 59.2. The van der Waals surface area contributed by atoms with Crippen molar-refractivity contribution in [3.8, 4) is 0 Å². The predicted molar refractivity (Wildman–Crippen MR) is 117 cm³/mol. The molecule has 38 heavy (non-hydrogen) atoms. The molecule has 2 unspecified atom stereocenters. The molecule has 0 saturated carbocycles. The minimum Gasteiger partial charge on any atom is -0.394 e. The van der Waals surface area contributed by atoms with Crippen LogP contribution >= 0.6 is 15.6 Å². The van der Waals surface area contributed by atoms with Crippen molar-refractivity contribution in [1.82, 2.24) is 19.5 Å². The zero-order valence-electron chi connectivity index (χ0n) is 19.0. The normalized spacial score (nSPS) is 37.2. The molecule has 20 nitrogen and oxygen atoms in total. The van der Waals surface area contributed by atoms with Crippen molar-refractivity contribution in [3.05, 3.63) is 12.7 Å². The van der Waals surface area contributed by atoms with Crippen LogP contribution in [0.25, 0.3) is 11.2 Å². The van der Waals surface area contributed by atoms with Crippen molar-refractivity contribution in [2.75, 3.05) is 18.9 Å². The summed E-state index contributed by atoms with van der Waals surface area (Å²) in [4.78, 5) is 31.5. The van der Waals surface area contributed by atoms with Crippen LogP contribution in [0.3, 0.4) is 0 Å². The second kappa shape index (κ2) is 11.0. The highest BCUT2D eigenvalue weighted by Crippen LogP contribution is 2.61. The zero-order chi connectivity index (χ0) is 28.0. The molecule has 4 heterocycles. The third kappa shape index (κ3) is 5.89. The number of rotatable bonds is 9. The van der Waals surface area contributed by atoms with Gasteiger partial charge < -0.3 is 55.6 Å². The standard InChI is InChI=1S/C16H25N5O15P2/c17-13-7-14(19-3-18-13)21(4-20-7)15-11(26)9(24)6(33-15)2-32-37(28,29)36-38(30,31)35-16-12(27)10(25)8(23)5(1-22)34-16/h3-6,8-12,15-16,22-27H,1-2H2,(H,28,29)(H,30,31)(H2,17,18,19)/t5-,6+,8+,9+,10+,11+,12-,15+,16+/m0/s1. The van der Waals surface area contributed by atoms with E-state index < -0.39 is 84.1 Å². The topological polar surface area (TPSA) is 312 Å². The highest BCUT2D eigenvalue weighted by atomic mass is 31.3. The molecule has 0 amide bonds. The van der Waals surface area contributed by atoms with Crippen molar-refractivity contribution in [1.29, 1.82) is 0 Å². The van der Waals surface area contributed by atoms with Gasteiger partial charge in [-0.05, 0) is 0 Å². The van der Waals surface area contributed by atoms with Gasteiger partial charge in [-0.1, -0.05) is 0 Å². The maximum atomic E-state index is 12.3. The lowest BCUT2D eigenvalue weighted by Gasteiger charge is -2.39. The van der Waals surface area contributed by atoms with Gasteiger partial charge in [-0.3, -0.25) is 13.6 Å². The molecule has 2 aromatic heterocycles. The first-order valence-corrected chi connectivity index (χ1v) is 13.7. The highest BCUT2D eigenvalue weighted by molar-refractivity contribution is 7.61. The van der Waals surface area contributed by atoms with Crippen molar-refractivity contribution in [2.45, 2.75) is 55.2 Å². The summed E-state index contributed by atoms with van der Waals surface area (Å²) in [5.74, 6) is 0.0411. The molecule has 214 valence electrons. The number of aliphatic hydroxyl groups is 6. The van der Waals surface area contributed by atoms with E-state index in [4.69, 9.17) is 20.3 Å². The lowest BCUT2D eigenvalue weighted by molar-refractivity contribution is -0.280. The fraction of sp³-hybridized carbons (Fsp3) is 0.688. The summed E-state index contributed by atoms with van der Waals surface area (Å²) < 4.78 is 49.3. The lowest BCUT2D eigenvalue weighted by atomic mass is 10.00. The molecule has 22 heteroatoms. The molecule has 0 bridgehead atoms. The molecule has 2 aromatic rings. The van der Waals surface area contributed by atoms with Crippen LogP contribution in [0.5, 0.6) is 0 Å². The van der Waals surface area contributed by atoms with Gasteiger partial charge in [0, 0.05) is 0 Å². The van der Waals surface area contributed by atoms with E-state index in [1.54, 1.807) is 0 Å². The number of aliphatic hydroxyl groups excluding tert-OH is 6. The molecular weight excluding hydrogens is 564 g/mol. The fourth-order valence-electron chi connectivity index (χ4n) is 3.78. The van der Waals surface area contributed by atoms with Gasteiger partial charge in [0.05, 0.1) is 19.5 Å². The summed E-state index contributed by atoms with van der Waals surface area (Å²) in [6, 6.07) is 0. The number of hydrogen-bond donors (Lipinski definition) is 9. The second-order valence-corrected chi connectivity index (χ2v) is 11.2. The van der Waals surface area contributed by atoms with Crippen LogP contribution in [-0.4, -0.2) is 122 Å². The Labute approximate surface area is 212 Å². The van der Waals surface area contributed by atoms with Gasteiger partial charge in [-0.2, -0.15) is 4.31 Å².